The molecule has 1 unspecified atom stereocenters. The molecular formula is C15H17Br2NOS. The first-order valence-electron chi connectivity index (χ1n) is 6.56. The normalized spacial score (nSPS) is 12.4. The summed E-state index contributed by atoms with van der Waals surface area (Å²) in [6.07, 6.45) is 0. The van der Waals surface area contributed by atoms with Crippen molar-refractivity contribution in [3.63, 3.8) is 0 Å². The number of benzene rings is 1. The molecule has 0 saturated heterocycles. The van der Waals surface area contributed by atoms with Crippen LogP contribution in [0.3, 0.4) is 0 Å². The topological polar surface area (TPSA) is 21.3 Å². The third-order valence-electron chi connectivity index (χ3n) is 2.88. The van der Waals surface area contributed by atoms with E-state index >= 15 is 0 Å². The van der Waals surface area contributed by atoms with Crippen LogP contribution in [0.25, 0.3) is 0 Å². The first-order chi connectivity index (χ1) is 9.65. The molecule has 0 radical (unpaired) electrons. The first kappa shape index (κ1) is 16.0. The van der Waals surface area contributed by atoms with Crippen molar-refractivity contribution in [3.8, 4) is 5.75 Å². The molecule has 2 rings (SSSR count). The lowest BCUT2D eigenvalue weighted by atomic mass is 10.1. The van der Waals surface area contributed by atoms with Crippen molar-refractivity contribution < 1.29 is 4.74 Å². The number of hydrogen-bond acceptors (Lipinski definition) is 3. The average Bonchev–Trinajstić information content (AvgIpc) is 2.84. The molecule has 2 aromatic rings. The van der Waals surface area contributed by atoms with E-state index in [4.69, 9.17) is 4.74 Å². The Kier molecular flexibility index (Phi) is 6.08. The Balaban J connectivity index is 2.34. The molecule has 5 heteroatoms. The second kappa shape index (κ2) is 7.59. The highest BCUT2D eigenvalue weighted by Crippen LogP contribution is 2.35. The molecule has 0 amide bonds. The van der Waals surface area contributed by atoms with E-state index in [0.29, 0.717) is 6.61 Å². The molecule has 0 aliphatic rings. The van der Waals surface area contributed by atoms with Crippen molar-refractivity contribution in [2.24, 2.45) is 0 Å². The Hall–Kier alpha value is -0.360. The van der Waals surface area contributed by atoms with Gasteiger partial charge >= 0.3 is 0 Å². The second-order valence-corrected chi connectivity index (χ2v) is 7.60. The number of rotatable bonds is 6. The number of nitrogens with one attached hydrogen (secondary N) is 1. The molecule has 2 nitrogen and oxygen atoms in total. The summed E-state index contributed by atoms with van der Waals surface area (Å²) in [5, 5.41) is 3.54. The minimum atomic E-state index is 0.196. The predicted octanol–water partition coefficient (Wildman–Crippen LogP) is 5.37. The highest BCUT2D eigenvalue weighted by molar-refractivity contribution is 9.11. The number of halogens is 2. The third-order valence-corrected chi connectivity index (χ3v) is 5.26. The molecule has 1 heterocycles. The van der Waals surface area contributed by atoms with Crippen LogP contribution in [0, 0.1) is 0 Å². The summed E-state index contributed by atoms with van der Waals surface area (Å²) in [5.74, 6) is 0.894. The molecule has 0 saturated carbocycles. The van der Waals surface area contributed by atoms with Crippen molar-refractivity contribution in [2.45, 2.75) is 19.9 Å². The Morgan fingerprint density at radius 1 is 1.20 bits per heavy atom. The molecule has 108 valence electrons. The van der Waals surface area contributed by atoms with E-state index in [0.717, 1.165) is 20.6 Å². The Labute approximate surface area is 140 Å². The van der Waals surface area contributed by atoms with Crippen LogP contribution in [0.15, 0.2) is 38.6 Å². The van der Waals surface area contributed by atoms with Gasteiger partial charge in [-0.1, -0.05) is 28.9 Å². The van der Waals surface area contributed by atoms with Crippen molar-refractivity contribution >= 4 is 43.2 Å². The zero-order valence-electron chi connectivity index (χ0n) is 11.5. The monoisotopic (exact) mass is 417 g/mol. The standard InChI is InChI=1S/C15H17Br2NOS/c1-3-18-15(13-7-8-14(17)20-13)11-6-5-10(19-4-2)9-12(11)16/h5-9,15,18H,3-4H2,1-2H3. The second-order valence-electron chi connectivity index (χ2n) is 4.25. The minimum absolute atomic E-state index is 0.196. The van der Waals surface area contributed by atoms with Gasteiger partial charge in [0.25, 0.3) is 0 Å². The fourth-order valence-electron chi connectivity index (χ4n) is 2.05. The highest BCUT2D eigenvalue weighted by atomic mass is 79.9. The molecule has 1 aromatic carbocycles. The van der Waals surface area contributed by atoms with Crippen molar-refractivity contribution in [1.82, 2.24) is 5.32 Å². The van der Waals surface area contributed by atoms with Crippen molar-refractivity contribution in [2.75, 3.05) is 13.2 Å². The minimum Gasteiger partial charge on any atom is -0.494 e. The van der Waals surface area contributed by atoms with E-state index in [9.17, 15) is 0 Å². The highest BCUT2D eigenvalue weighted by Gasteiger charge is 2.18. The summed E-state index contributed by atoms with van der Waals surface area (Å²) in [4.78, 5) is 1.29. The lowest BCUT2D eigenvalue weighted by Gasteiger charge is -2.19. The molecule has 1 N–H and O–H groups in total. The zero-order chi connectivity index (χ0) is 14.5. The van der Waals surface area contributed by atoms with Crippen LogP contribution in [-0.2, 0) is 0 Å². The molecule has 1 atom stereocenters. The Morgan fingerprint density at radius 3 is 2.55 bits per heavy atom. The number of hydrogen-bond donors (Lipinski definition) is 1. The van der Waals surface area contributed by atoms with Crippen LogP contribution >= 0.6 is 43.2 Å². The maximum absolute atomic E-state index is 5.54. The van der Waals surface area contributed by atoms with Crippen LogP contribution in [-0.4, -0.2) is 13.2 Å². The summed E-state index contributed by atoms with van der Waals surface area (Å²) in [7, 11) is 0. The van der Waals surface area contributed by atoms with Crippen LogP contribution < -0.4 is 10.1 Å². The van der Waals surface area contributed by atoms with Gasteiger partial charge in [-0.05, 0) is 59.2 Å². The van der Waals surface area contributed by atoms with Crippen molar-refractivity contribution in [1.29, 1.82) is 0 Å². The quantitative estimate of drug-likeness (QED) is 0.680. The lowest BCUT2D eigenvalue weighted by molar-refractivity contribution is 0.340. The van der Waals surface area contributed by atoms with E-state index in [2.05, 4.69) is 62.3 Å². The van der Waals surface area contributed by atoms with Crippen molar-refractivity contribution in [3.05, 3.63) is 49.0 Å². The molecule has 20 heavy (non-hydrogen) atoms. The first-order valence-corrected chi connectivity index (χ1v) is 8.96. The summed E-state index contributed by atoms with van der Waals surface area (Å²) < 4.78 is 7.75. The van der Waals surface area contributed by atoms with Crippen LogP contribution in [0.4, 0.5) is 0 Å². The molecule has 0 fully saturated rings. The van der Waals surface area contributed by atoms with E-state index < -0.39 is 0 Å². The fraction of sp³-hybridized carbons (Fsp3) is 0.333. The van der Waals surface area contributed by atoms with Gasteiger partial charge in [-0.2, -0.15) is 0 Å². The van der Waals surface area contributed by atoms with Gasteiger partial charge in [0.15, 0.2) is 0 Å². The van der Waals surface area contributed by atoms with Gasteiger partial charge in [0, 0.05) is 9.35 Å². The number of thiophene rings is 1. The van der Waals surface area contributed by atoms with Gasteiger partial charge in [0.2, 0.25) is 0 Å². The molecular weight excluding hydrogens is 402 g/mol. The lowest BCUT2D eigenvalue weighted by Crippen LogP contribution is -2.21. The summed E-state index contributed by atoms with van der Waals surface area (Å²) in [6.45, 7) is 5.71. The largest absolute Gasteiger partial charge is 0.494 e. The molecule has 0 aliphatic carbocycles. The van der Waals surface area contributed by atoms with Gasteiger partial charge in [0.05, 0.1) is 16.4 Å². The van der Waals surface area contributed by atoms with Crippen LogP contribution in [0.1, 0.15) is 30.3 Å². The van der Waals surface area contributed by atoms with Gasteiger partial charge < -0.3 is 10.1 Å². The van der Waals surface area contributed by atoms with Crippen LogP contribution in [0.2, 0.25) is 0 Å². The maximum Gasteiger partial charge on any atom is 0.120 e. The number of ether oxygens (including phenoxy) is 1. The fourth-order valence-corrected chi connectivity index (χ4v) is 4.15. The van der Waals surface area contributed by atoms with Crippen LogP contribution in [0.5, 0.6) is 5.75 Å². The summed E-state index contributed by atoms with van der Waals surface area (Å²) in [5.41, 5.74) is 1.23. The predicted molar refractivity (Wildman–Crippen MR) is 92.8 cm³/mol. The van der Waals surface area contributed by atoms with Gasteiger partial charge in [0.1, 0.15) is 5.75 Å². The third kappa shape index (κ3) is 3.85. The molecule has 0 bridgehead atoms. The van der Waals surface area contributed by atoms with E-state index in [-0.39, 0.29) is 6.04 Å². The molecule has 0 aliphatic heterocycles. The van der Waals surface area contributed by atoms with E-state index in [1.54, 1.807) is 11.3 Å². The zero-order valence-corrected chi connectivity index (χ0v) is 15.4. The Morgan fingerprint density at radius 2 is 2.00 bits per heavy atom. The summed E-state index contributed by atoms with van der Waals surface area (Å²) in [6, 6.07) is 10.6. The summed E-state index contributed by atoms with van der Waals surface area (Å²) >= 11 is 8.95. The Bertz CT molecular complexity index is 571. The smallest absolute Gasteiger partial charge is 0.120 e. The van der Waals surface area contributed by atoms with Gasteiger partial charge in [-0.3, -0.25) is 0 Å². The molecule has 1 aromatic heterocycles. The van der Waals surface area contributed by atoms with Gasteiger partial charge in [-0.15, -0.1) is 11.3 Å². The van der Waals surface area contributed by atoms with Gasteiger partial charge in [-0.25, -0.2) is 0 Å². The van der Waals surface area contributed by atoms with E-state index in [1.165, 1.54) is 10.4 Å². The van der Waals surface area contributed by atoms with E-state index in [1.807, 2.05) is 19.1 Å². The maximum atomic E-state index is 5.54. The molecule has 0 spiro atoms. The SMILES string of the molecule is CCNC(c1ccc(Br)s1)c1ccc(OCC)cc1Br. The average molecular weight is 419 g/mol.